The molecule has 0 spiro atoms. The molecule has 3 aromatic heterocycles. The highest BCUT2D eigenvalue weighted by Crippen LogP contribution is 2.41. The monoisotopic (exact) mass is 435 g/mol. The normalized spacial score (nSPS) is 13.5. The number of hydrogen-bond donors (Lipinski definition) is 2. The van der Waals surface area contributed by atoms with E-state index in [1.165, 1.54) is 11.3 Å². The van der Waals surface area contributed by atoms with E-state index in [0.717, 1.165) is 32.2 Å². The predicted octanol–water partition coefficient (Wildman–Crippen LogP) is 4.03. The van der Waals surface area contributed by atoms with E-state index in [0.29, 0.717) is 48.8 Å². The molecule has 0 aliphatic carbocycles. The zero-order valence-electron chi connectivity index (χ0n) is 17.2. The highest BCUT2D eigenvalue weighted by atomic mass is 32.1. The number of aromatic nitrogens is 3. The Morgan fingerprint density at radius 1 is 1.13 bits per heavy atom. The molecule has 0 saturated heterocycles. The van der Waals surface area contributed by atoms with E-state index < -0.39 is 0 Å². The van der Waals surface area contributed by atoms with Crippen LogP contribution in [0.25, 0.3) is 21.0 Å². The van der Waals surface area contributed by atoms with Gasteiger partial charge in [0.1, 0.15) is 10.7 Å². The second kappa shape index (κ2) is 8.09. The Kier molecular flexibility index (Phi) is 5.13. The second-order valence-corrected chi connectivity index (χ2v) is 8.18. The Balaban J connectivity index is 1.56. The molecule has 2 N–H and O–H groups in total. The summed E-state index contributed by atoms with van der Waals surface area (Å²) in [6.45, 7) is 6.00. The van der Waals surface area contributed by atoms with E-state index >= 15 is 0 Å². The van der Waals surface area contributed by atoms with Crippen molar-refractivity contribution < 1.29 is 14.3 Å². The van der Waals surface area contributed by atoms with Gasteiger partial charge in [0.25, 0.3) is 5.91 Å². The molecule has 0 unspecified atom stereocenters. The van der Waals surface area contributed by atoms with Crippen LogP contribution in [0, 0.1) is 6.92 Å². The Morgan fingerprint density at radius 3 is 2.87 bits per heavy atom. The van der Waals surface area contributed by atoms with Crippen molar-refractivity contribution >= 4 is 43.9 Å². The minimum Gasteiger partial charge on any atom is -0.420 e. The summed E-state index contributed by atoms with van der Waals surface area (Å²) >= 11 is 1.49. The topological polar surface area (TPSA) is 98.3 Å². The minimum absolute atomic E-state index is 0.0387. The molecule has 1 amide bonds. The van der Waals surface area contributed by atoms with Crippen LogP contribution in [0.3, 0.4) is 0 Å². The standard InChI is InChI=1S/C22H21N5O3S/c1-3-29-11-13-10-25-12(2)26-22(13)30-17-7-4-14-15(27-17)5-6-16-18(14)19-20(31-16)21(28)24-9-8-23-19/h4-7,10,23H,3,8-9,11H2,1-2H3,(H,24,28). The Labute approximate surface area is 182 Å². The van der Waals surface area contributed by atoms with E-state index in [1.807, 2.05) is 38.1 Å². The molecule has 0 saturated carbocycles. The maximum Gasteiger partial charge on any atom is 0.263 e. The lowest BCUT2D eigenvalue weighted by molar-refractivity contribution is 0.0962. The highest BCUT2D eigenvalue weighted by molar-refractivity contribution is 7.21. The lowest BCUT2D eigenvalue weighted by Crippen LogP contribution is -2.24. The fourth-order valence-corrected chi connectivity index (χ4v) is 4.70. The number of fused-ring (bicyclic) bond motifs is 5. The van der Waals surface area contributed by atoms with Crippen LogP contribution in [0.2, 0.25) is 0 Å². The number of carbonyl (C=O) groups excluding carboxylic acids is 1. The van der Waals surface area contributed by atoms with Gasteiger partial charge in [0.05, 0.1) is 23.4 Å². The molecule has 1 aliphatic heterocycles. The molecule has 0 atom stereocenters. The lowest BCUT2D eigenvalue weighted by Gasteiger charge is -2.11. The summed E-state index contributed by atoms with van der Waals surface area (Å²) in [6.07, 6.45) is 1.72. The number of anilines is 1. The number of ether oxygens (including phenoxy) is 2. The Bertz CT molecular complexity index is 1300. The Hall–Kier alpha value is -3.30. The van der Waals surface area contributed by atoms with Crippen molar-refractivity contribution in [2.75, 3.05) is 25.0 Å². The number of pyridine rings is 1. The zero-order valence-corrected chi connectivity index (χ0v) is 18.0. The van der Waals surface area contributed by atoms with Crippen LogP contribution < -0.4 is 15.4 Å². The molecular weight excluding hydrogens is 414 g/mol. The average molecular weight is 436 g/mol. The fourth-order valence-electron chi connectivity index (χ4n) is 3.58. The summed E-state index contributed by atoms with van der Waals surface area (Å²) in [7, 11) is 0. The first kappa shape index (κ1) is 19.7. The molecule has 1 aliphatic rings. The number of aryl methyl sites for hydroxylation is 1. The molecule has 8 nitrogen and oxygen atoms in total. The molecule has 4 heterocycles. The third kappa shape index (κ3) is 3.66. The van der Waals surface area contributed by atoms with Crippen molar-refractivity contribution in [1.82, 2.24) is 20.3 Å². The van der Waals surface area contributed by atoms with E-state index in [2.05, 4.69) is 20.6 Å². The van der Waals surface area contributed by atoms with Gasteiger partial charge in [0, 0.05) is 47.4 Å². The molecule has 158 valence electrons. The number of thiophene rings is 1. The van der Waals surface area contributed by atoms with Gasteiger partial charge in [-0.2, -0.15) is 4.98 Å². The van der Waals surface area contributed by atoms with Crippen molar-refractivity contribution in [2.45, 2.75) is 20.5 Å². The highest BCUT2D eigenvalue weighted by Gasteiger charge is 2.22. The van der Waals surface area contributed by atoms with Gasteiger partial charge in [-0.25, -0.2) is 9.97 Å². The lowest BCUT2D eigenvalue weighted by atomic mass is 10.1. The number of nitrogens with zero attached hydrogens (tertiary/aromatic N) is 3. The van der Waals surface area contributed by atoms with Crippen LogP contribution in [-0.2, 0) is 11.3 Å². The van der Waals surface area contributed by atoms with E-state index in [9.17, 15) is 4.79 Å². The quantitative estimate of drug-likeness (QED) is 0.488. The number of nitrogens with one attached hydrogen (secondary N) is 2. The smallest absolute Gasteiger partial charge is 0.263 e. The summed E-state index contributed by atoms with van der Waals surface area (Å²) in [5.74, 6) is 1.46. The van der Waals surface area contributed by atoms with Crippen LogP contribution in [0.1, 0.15) is 28.0 Å². The van der Waals surface area contributed by atoms with Crippen molar-refractivity contribution in [1.29, 1.82) is 0 Å². The van der Waals surface area contributed by atoms with Gasteiger partial charge in [0.2, 0.25) is 11.8 Å². The molecule has 4 aromatic rings. The van der Waals surface area contributed by atoms with Crippen LogP contribution in [0.15, 0.2) is 30.5 Å². The first-order chi connectivity index (χ1) is 15.1. The van der Waals surface area contributed by atoms with Gasteiger partial charge in [0.15, 0.2) is 0 Å². The number of carbonyl (C=O) groups is 1. The molecule has 9 heteroatoms. The van der Waals surface area contributed by atoms with Gasteiger partial charge in [-0.3, -0.25) is 4.79 Å². The fraction of sp³-hybridized carbons (Fsp3) is 0.273. The first-order valence-corrected chi connectivity index (χ1v) is 10.9. The second-order valence-electron chi connectivity index (χ2n) is 7.13. The molecular formula is C22H21N5O3S. The summed E-state index contributed by atoms with van der Waals surface area (Å²) in [4.78, 5) is 26.5. The first-order valence-electron chi connectivity index (χ1n) is 10.1. The predicted molar refractivity (Wildman–Crippen MR) is 120 cm³/mol. The molecule has 5 rings (SSSR count). The number of rotatable bonds is 5. The van der Waals surface area contributed by atoms with Crippen molar-refractivity contribution in [3.05, 3.63) is 46.7 Å². The van der Waals surface area contributed by atoms with Crippen LogP contribution in [0.4, 0.5) is 5.69 Å². The van der Waals surface area contributed by atoms with E-state index in [1.54, 1.807) is 6.20 Å². The van der Waals surface area contributed by atoms with Crippen LogP contribution in [0.5, 0.6) is 11.8 Å². The summed E-state index contributed by atoms with van der Waals surface area (Å²) in [5, 5.41) is 8.30. The number of hydrogen-bond acceptors (Lipinski definition) is 8. The SMILES string of the molecule is CCOCc1cnc(C)nc1Oc1ccc2c(ccc3sc4c(c32)NCCNC4=O)n1. The average Bonchev–Trinajstić information content (AvgIpc) is 3.05. The Morgan fingerprint density at radius 2 is 2.00 bits per heavy atom. The summed E-state index contributed by atoms with van der Waals surface area (Å²) in [5.41, 5.74) is 2.43. The van der Waals surface area contributed by atoms with Crippen LogP contribution >= 0.6 is 11.3 Å². The number of amides is 1. The third-order valence-corrected chi connectivity index (χ3v) is 6.18. The molecule has 0 bridgehead atoms. The van der Waals surface area contributed by atoms with Gasteiger partial charge in [-0.15, -0.1) is 11.3 Å². The maximum atomic E-state index is 12.4. The van der Waals surface area contributed by atoms with E-state index in [-0.39, 0.29) is 5.91 Å². The van der Waals surface area contributed by atoms with E-state index in [4.69, 9.17) is 14.5 Å². The third-order valence-electron chi connectivity index (χ3n) is 5.02. The van der Waals surface area contributed by atoms with Crippen LogP contribution in [-0.4, -0.2) is 40.6 Å². The molecule has 0 fully saturated rings. The minimum atomic E-state index is -0.0387. The summed E-state index contributed by atoms with van der Waals surface area (Å²) in [6, 6.07) is 7.75. The van der Waals surface area contributed by atoms with Crippen molar-refractivity contribution in [3.63, 3.8) is 0 Å². The molecule has 31 heavy (non-hydrogen) atoms. The molecule has 1 aromatic carbocycles. The van der Waals surface area contributed by atoms with Gasteiger partial charge < -0.3 is 20.1 Å². The zero-order chi connectivity index (χ0) is 21.4. The maximum absolute atomic E-state index is 12.4. The summed E-state index contributed by atoms with van der Waals surface area (Å²) < 4.78 is 12.6. The van der Waals surface area contributed by atoms with Gasteiger partial charge in [-0.1, -0.05) is 0 Å². The van der Waals surface area contributed by atoms with Gasteiger partial charge in [-0.05, 0) is 32.0 Å². The van der Waals surface area contributed by atoms with Gasteiger partial charge >= 0.3 is 0 Å². The molecule has 0 radical (unpaired) electrons. The number of benzene rings is 1. The largest absolute Gasteiger partial charge is 0.420 e. The van der Waals surface area contributed by atoms with Crippen molar-refractivity contribution in [3.8, 4) is 11.8 Å². The van der Waals surface area contributed by atoms with Crippen molar-refractivity contribution in [2.24, 2.45) is 0 Å².